The van der Waals surface area contributed by atoms with Crippen LogP contribution in [-0.4, -0.2) is 55.0 Å². The minimum atomic E-state index is -0.197. The van der Waals surface area contributed by atoms with Gasteiger partial charge in [0.25, 0.3) is 0 Å². The summed E-state index contributed by atoms with van der Waals surface area (Å²) in [5.41, 5.74) is 0.340. The average molecular weight is 385 g/mol. The number of rotatable bonds is 5. The SMILES string of the molecule is O=C1COC2(CCN(CCCC(=O)c3ccc(Cl)cc3Cl)CC2)CN1. The molecule has 0 aliphatic carbocycles. The fourth-order valence-electron chi connectivity index (χ4n) is 3.40. The first-order chi connectivity index (χ1) is 12.0. The third kappa shape index (κ3) is 4.73. The number of carbonyl (C=O) groups is 2. The lowest BCUT2D eigenvalue weighted by atomic mass is 9.90. The second-order valence-electron chi connectivity index (χ2n) is 6.74. The van der Waals surface area contributed by atoms with Gasteiger partial charge in [-0.25, -0.2) is 0 Å². The molecule has 0 aromatic heterocycles. The summed E-state index contributed by atoms with van der Waals surface area (Å²) in [5.74, 6) is 0.0147. The number of nitrogens with one attached hydrogen (secondary N) is 1. The second-order valence-corrected chi connectivity index (χ2v) is 7.58. The number of ketones is 1. The van der Waals surface area contributed by atoms with Crippen LogP contribution in [0, 0.1) is 0 Å². The van der Waals surface area contributed by atoms with Gasteiger partial charge in [-0.2, -0.15) is 0 Å². The number of carbonyl (C=O) groups excluding carboxylic acids is 2. The molecule has 0 bridgehead atoms. The molecule has 25 heavy (non-hydrogen) atoms. The lowest BCUT2D eigenvalue weighted by Crippen LogP contribution is -2.57. The van der Waals surface area contributed by atoms with Gasteiger partial charge in [-0.1, -0.05) is 23.2 Å². The Morgan fingerprint density at radius 3 is 2.68 bits per heavy atom. The topological polar surface area (TPSA) is 58.6 Å². The summed E-state index contributed by atoms with van der Waals surface area (Å²) >= 11 is 11.9. The molecule has 0 saturated carbocycles. The van der Waals surface area contributed by atoms with Gasteiger partial charge in [0.15, 0.2) is 5.78 Å². The van der Waals surface area contributed by atoms with Crippen LogP contribution < -0.4 is 5.32 Å². The van der Waals surface area contributed by atoms with Gasteiger partial charge in [0.2, 0.25) is 5.91 Å². The lowest BCUT2D eigenvalue weighted by molar-refractivity contribution is -0.150. The Kier molecular flexibility index (Phi) is 6.00. The van der Waals surface area contributed by atoms with Gasteiger partial charge in [-0.05, 0) is 44.0 Å². The predicted molar refractivity (Wildman–Crippen MR) is 97.4 cm³/mol. The standard InChI is InChI=1S/C18H22Cl2N2O3/c19-13-3-4-14(15(20)10-13)16(23)2-1-7-22-8-5-18(6-9-22)12-21-17(24)11-25-18/h3-4,10H,1-2,5-9,11-12H2,(H,21,24). The van der Waals surface area contributed by atoms with Crippen molar-refractivity contribution in [2.75, 3.05) is 32.8 Å². The van der Waals surface area contributed by atoms with Crippen molar-refractivity contribution in [1.29, 1.82) is 0 Å². The zero-order valence-electron chi connectivity index (χ0n) is 14.0. The highest BCUT2D eigenvalue weighted by Crippen LogP contribution is 2.28. The van der Waals surface area contributed by atoms with Crippen molar-refractivity contribution in [3.8, 4) is 0 Å². The van der Waals surface area contributed by atoms with E-state index in [-0.39, 0.29) is 23.9 Å². The molecule has 5 nitrogen and oxygen atoms in total. The minimum Gasteiger partial charge on any atom is -0.363 e. The smallest absolute Gasteiger partial charge is 0.246 e. The first-order valence-electron chi connectivity index (χ1n) is 8.59. The van der Waals surface area contributed by atoms with E-state index >= 15 is 0 Å². The minimum absolute atomic E-state index is 0.0348. The number of halogens is 2. The first-order valence-corrected chi connectivity index (χ1v) is 9.34. The molecule has 1 N–H and O–H groups in total. The van der Waals surface area contributed by atoms with Crippen molar-refractivity contribution in [3.63, 3.8) is 0 Å². The Hall–Kier alpha value is -1.14. The molecule has 0 unspecified atom stereocenters. The summed E-state index contributed by atoms with van der Waals surface area (Å²) < 4.78 is 5.77. The number of ether oxygens (including phenoxy) is 1. The maximum atomic E-state index is 12.3. The molecule has 0 radical (unpaired) electrons. The van der Waals surface area contributed by atoms with Crippen molar-refractivity contribution < 1.29 is 14.3 Å². The molecule has 2 saturated heterocycles. The van der Waals surface area contributed by atoms with Crippen LogP contribution in [0.4, 0.5) is 0 Å². The summed E-state index contributed by atoms with van der Waals surface area (Å²) in [6.07, 6.45) is 3.08. The Labute approximate surface area is 157 Å². The van der Waals surface area contributed by atoms with Crippen molar-refractivity contribution in [2.45, 2.75) is 31.3 Å². The predicted octanol–water partition coefficient (Wildman–Crippen LogP) is 2.94. The van der Waals surface area contributed by atoms with Crippen LogP contribution in [0.3, 0.4) is 0 Å². The van der Waals surface area contributed by atoms with E-state index in [9.17, 15) is 9.59 Å². The zero-order chi connectivity index (χ0) is 17.9. The number of hydrogen-bond donors (Lipinski definition) is 1. The van der Waals surface area contributed by atoms with Gasteiger partial charge in [0.05, 0.1) is 10.6 Å². The number of nitrogens with zero attached hydrogens (tertiary/aromatic N) is 1. The molecule has 7 heteroatoms. The fourth-order valence-corrected chi connectivity index (χ4v) is 3.91. The summed E-state index contributed by atoms with van der Waals surface area (Å²) in [6, 6.07) is 4.98. The summed E-state index contributed by atoms with van der Waals surface area (Å²) in [5, 5.41) is 3.84. The molecule has 3 rings (SSSR count). The molecular weight excluding hydrogens is 363 g/mol. The van der Waals surface area contributed by atoms with E-state index in [1.807, 2.05) is 0 Å². The molecule has 1 aromatic rings. The highest BCUT2D eigenvalue weighted by molar-refractivity contribution is 6.36. The van der Waals surface area contributed by atoms with E-state index in [0.717, 1.165) is 38.9 Å². The van der Waals surface area contributed by atoms with E-state index in [2.05, 4.69) is 10.2 Å². The third-order valence-corrected chi connectivity index (χ3v) is 5.54. The molecule has 1 spiro atoms. The van der Waals surface area contributed by atoms with E-state index in [1.54, 1.807) is 18.2 Å². The Morgan fingerprint density at radius 1 is 1.28 bits per heavy atom. The monoisotopic (exact) mass is 384 g/mol. The van der Waals surface area contributed by atoms with Gasteiger partial charge in [-0.15, -0.1) is 0 Å². The van der Waals surface area contributed by atoms with Crippen LogP contribution >= 0.6 is 23.2 Å². The average Bonchev–Trinajstić information content (AvgIpc) is 2.59. The van der Waals surface area contributed by atoms with Crippen LogP contribution in [0.15, 0.2) is 18.2 Å². The van der Waals surface area contributed by atoms with Gasteiger partial charge in [-0.3, -0.25) is 9.59 Å². The fraction of sp³-hybridized carbons (Fsp3) is 0.556. The van der Waals surface area contributed by atoms with Crippen molar-refractivity contribution in [2.24, 2.45) is 0 Å². The lowest BCUT2D eigenvalue weighted by Gasteiger charge is -2.43. The van der Waals surface area contributed by atoms with E-state index in [4.69, 9.17) is 27.9 Å². The largest absolute Gasteiger partial charge is 0.363 e. The maximum absolute atomic E-state index is 12.3. The summed E-state index contributed by atoms with van der Waals surface area (Å²) in [7, 11) is 0. The number of morpholine rings is 1. The Bertz CT molecular complexity index is 646. The number of piperidine rings is 1. The molecule has 1 aromatic carbocycles. The van der Waals surface area contributed by atoms with E-state index in [1.165, 1.54) is 0 Å². The third-order valence-electron chi connectivity index (χ3n) is 4.99. The molecule has 2 heterocycles. The molecule has 136 valence electrons. The maximum Gasteiger partial charge on any atom is 0.246 e. The summed E-state index contributed by atoms with van der Waals surface area (Å²) in [6.45, 7) is 3.49. The van der Waals surface area contributed by atoms with E-state index < -0.39 is 0 Å². The number of amides is 1. The Balaban J connectivity index is 1.41. The van der Waals surface area contributed by atoms with Crippen molar-refractivity contribution >= 4 is 34.9 Å². The number of likely N-dealkylation sites (tertiary alicyclic amines) is 1. The van der Waals surface area contributed by atoms with E-state index in [0.29, 0.717) is 28.6 Å². The van der Waals surface area contributed by atoms with Crippen LogP contribution in [0.25, 0.3) is 0 Å². The first kappa shape index (κ1) is 18.6. The number of benzene rings is 1. The van der Waals surface area contributed by atoms with Crippen molar-refractivity contribution in [3.05, 3.63) is 33.8 Å². The van der Waals surface area contributed by atoms with Crippen molar-refractivity contribution in [1.82, 2.24) is 10.2 Å². The van der Waals surface area contributed by atoms with Crippen LogP contribution in [0.1, 0.15) is 36.0 Å². The molecule has 2 fully saturated rings. The molecule has 2 aliphatic rings. The highest BCUT2D eigenvalue weighted by Gasteiger charge is 2.38. The molecule has 1 amide bonds. The Morgan fingerprint density at radius 2 is 2.04 bits per heavy atom. The molecule has 0 atom stereocenters. The van der Waals surface area contributed by atoms with Gasteiger partial charge in [0, 0.05) is 36.6 Å². The quantitative estimate of drug-likeness (QED) is 0.792. The number of hydrogen-bond acceptors (Lipinski definition) is 4. The van der Waals surface area contributed by atoms with Gasteiger partial charge >= 0.3 is 0 Å². The normalized spacial score (nSPS) is 20.5. The number of Topliss-reactive ketones (excluding diaryl/α,β-unsaturated/α-hetero) is 1. The van der Waals surface area contributed by atoms with Gasteiger partial charge in [0.1, 0.15) is 6.61 Å². The molecule has 2 aliphatic heterocycles. The molecular formula is C18H22Cl2N2O3. The highest BCUT2D eigenvalue weighted by atomic mass is 35.5. The van der Waals surface area contributed by atoms with Crippen LogP contribution in [0.5, 0.6) is 0 Å². The van der Waals surface area contributed by atoms with Gasteiger partial charge < -0.3 is 15.0 Å². The summed E-state index contributed by atoms with van der Waals surface area (Å²) in [4.78, 5) is 25.9. The second kappa shape index (κ2) is 8.04. The van der Waals surface area contributed by atoms with Crippen LogP contribution in [-0.2, 0) is 9.53 Å². The van der Waals surface area contributed by atoms with Crippen LogP contribution in [0.2, 0.25) is 10.0 Å². The zero-order valence-corrected chi connectivity index (χ0v) is 15.5.